The third-order valence-corrected chi connectivity index (χ3v) is 1.90. The van der Waals surface area contributed by atoms with E-state index >= 15 is 0 Å². The van der Waals surface area contributed by atoms with Gasteiger partial charge in [0.25, 0.3) is 5.91 Å². The third kappa shape index (κ3) is 1.90. The monoisotopic (exact) mass is 224 g/mol. The Hall–Kier alpha value is -2.24. The quantitative estimate of drug-likeness (QED) is 0.850. The number of halogens is 2. The van der Waals surface area contributed by atoms with E-state index in [-0.39, 0.29) is 5.56 Å². The average Bonchev–Trinajstić information content (AvgIpc) is 2.76. The van der Waals surface area contributed by atoms with Crippen molar-refractivity contribution in [1.29, 1.82) is 0 Å². The summed E-state index contributed by atoms with van der Waals surface area (Å²) in [4.78, 5) is 11.4. The van der Waals surface area contributed by atoms with E-state index in [0.29, 0.717) is 0 Å². The van der Waals surface area contributed by atoms with Gasteiger partial charge in [0.2, 0.25) is 0 Å². The van der Waals surface area contributed by atoms with Gasteiger partial charge >= 0.3 is 0 Å². The molecule has 1 N–H and O–H groups in total. The molecule has 16 heavy (non-hydrogen) atoms. The molecule has 0 spiro atoms. The van der Waals surface area contributed by atoms with Crippen molar-refractivity contribution in [1.82, 2.24) is 5.16 Å². The highest BCUT2D eigenvalue weighted by Gasteiger charge is 2.14. The van der Waals surface area contributed by atoms with Crippen LogP contribution in [-0.4, -0.2) is 11.1 Å². The number of para-hydroxylation sites is 1. The van der Waals surface area contributed by atoms with Crippen LogP contribution in [0.4, 0.5) is 14.5 Å². The number of rotatable bonds is 2. The van der Waals surface area contributed by atoms with Gasteiger partial charge in [0, 0.05) is 0 Å². The van der Waals surface area contributed by atoms with Crippen molar-refractivity contribution in [3.63, 3.8) is 0 Å². The van der Waals surface area contributed by atoms with Crippen molar-refractivity contribution >= 4 is 11.6 Å². The van der Waals surface area contributed by atoms with Crippen LogP contribution in [0.25, 0.3) is 0 Å². The Balaban J connectivity index is 2.25. The van der Waals surface area contributed by atoms with E-state index < -0.39 is 23.2 Å². The standard InChI is InChI=1S/C10H6F2N2O2/c11-7-2-1-3-8(12)9(7)14-10(15)6-4-13-16-5-6/h1-5H,(H,14,15). The van der Waals surface area contributed by atoms with E-state index in [1.54, 1.807) is 0 Å². The van der Waals surface area contributed by atoms with Crippen LogP contribution < -0.4 is 5.32 Å². The number of amides is 1. The zero-order chi connectivity index (χ0) is 11.5. The summed E-state index contributed by atoms with van der Waals surface area (Å²) in [7, 11) is 0. The molecular formula is C10H6F2N2O2. The van der Waals surface area contributed by atoms with Gasteiger partial charge in [-0.15, -0.1) is 0 Å². The number of carbonyl (C=O) groups excluding carboxylic acids is 1. The lowest BCUT2D eigenvalue weighted by Crippen LogP contribution is -2.13. The summed E-state index contributed by atoms with van der Waals surface area (Å²) in [6, 6.07) is 3.30. The lowest BCUT2D eigenvalue weighted by molar-refractivity contribution is 0.102. The SMILES string of the molecule is O=C(Nc1c(F)cccc1F)c1cnoc1. The molecule has 0 atom stereocenters. The molecule has 0 aliphatic rings. The predicted molar refractivity (Wildman–Crippen MR) is 50.8 cm³/mol. The fourth-order valence-corrected chi connectivity index (χ4v) is 1.12. The Morgan fingerprint density at radius 3 is 2.56 bits per heavy atom. The molecular weight excluding hydrogens is 218 g/mol. The van der Waals surface area contributed by atoms with E-state index in [2.05, 4.69) is 15.0 Å². The Morgan fingerprint density at radius 2 is 2.00 bits per heavy atom. The van der Waals surface area contributed by atoms with Gasteiger partial charge < -0.3 is 9.84 Å². The molecule has 2 aromatic rings. The average molecular weight is 224 g/mol. The van der Waals surface area contributed by atoms with Crippen LogP contribution in [0.2, 0.25) is 0 Å². The molecule has 1 aromatic carbocycles. The first kappa shape index (κ1) is 10.3. The van der Waals surface area contributed by atoms with Crippen LogP contribution in [0.15, 0.2) is 35.2 Å². The maximum atomic E-state index is 13.2. The van der Waals surface area contributed by atoms with E-state index in [9.17, 15) is 13.6 Å². The Kier molecular flexibility index (Phi) is 2.63. The van der Waals surface area contributed by atoms with E-state index in [4.69, 9.17) is 0 Å². The van der Waals surface area contributed by atoms with Gasteiger partial charge in [-0.3, -0.25) is 4.79 Å². The van der Waals surface area contributed by atoms with Crippen molar-refractivity contribution in [2.24, 2.45) is 0 Å². The lowest BCUT2D eigenvalue weighted by Gasteiger charge is -2.05. The van der Waals surface area contributed by atoms with Crippen molar-refractivity contribution in [2.45, 2.75) is 0 Å². The maximum Gasteiger partial charge on any atom is 0.260 e. The number of hydrogen-bond acceptors (Lipinski definition) is 3. The van der Waals surface area contributed by atoms with Crippen LogP contribution >= 0.6 is 0 Å². The number of aromatic nitrogens is 1. The van der Waals surface area contributed by atoms with Gasteiger partial charge in [0.05, 0.1) is 11.8 Å². The summed E-state index contributed by atoms with van der Waals surface area (Å²) in [5.41, 5.74) is -0.406. The van der Waals surface area contributed by atoms with E-state index in [1.807, 2.05) is 0 Å². The van der Waals surface area contributed by atoms with Gasteiger partial charge in [-0.1, -0.05) is 11.2 Å². The molecule has 4 nitrogen and oxygen atoms in total. The number of benzene rings is 1. The topological polar surface area (TPSA) is 55.1 Å². The van der Waals surface area contributed by atoms with Crippen molar-refractivity contribution < 1.29 is 18.1 Å². The number of nitrogens with one attached hydrogen (secondary N) is 1. The minimum absolute atomic E-state index is 0.0858. The highest BCUT2D eigenvalue weighted by atomic mass is 19.1. The largest absolute Gasteiger partial charge is 0.364 e. The van der Waals surface area contributed by atoms with Crippen molar-refractivity contribution in [3.05, 3.63) is 47.9 Å². The van der Waals surface area contributed by atoms with Crippen molar-refractivity contribution in [3.8, 4) is 0 Å². The van der Waals surface area contributed by atoms with E-state index in [0.717, 1.165) is 24.6 Å². The predicted octanol–water partition coefficient (Wildman–Crippen LogP) is 2.21. The first-order valence-electron chi connectivity index (χ1n) is 4.33. The highest BCUT2D eigenvalue weighted by molar-refractivity contribution is 6.03. The van der Waals surface area contributed by atoms with Crippen LogP contribution in [0.3, 0.4) is 0 Å². The second-order valence-electron chi connectivity index (χ2n) is 2.96. The first-order chi connectivity index (χ1) is 7.68. The summed E-state index contributed by atoms with van der Waals surface area (Å²) < 4.78 is 30.8. The van der Waals surface area contributed by atoms with Gasteiger partial charge in [-0.05, 0) is 12.1 Å². The molecule has 2 rings (SSSR count). The summed E-state index contributed by atoms with van der Waals surface area (Å²) in [5.74, 6) is -2.38. The fourth-order valence-electron chi connectivity index (χ4n) is 1.12. The molecule has 0 fully saturated rings. The summed E-state index contributed by atoms with van der Waals surface area (Å²) >= 11 is 0. The Labute approximate surface area is 88.9 Å². The van der Waals surface area contributed by atoms with Crippen LogP contribution in [0, 0.1) is 11.6 Å². The smallest absolute Gasteiger partial charge is 0.260 e. The molecule has 1 aromatic heterocycles. The lowest BCUT2D eigenvalue weighted by atomic mass is 10.2. The Morgan fingerprint density at radius 1 is 1.31 bits per heavy atom. The molecule has 1 amide bonds. The second kappa shape index (κ2) is 4.09. The molecule has 0 saturated carbocycles. The molecule has 0 aliphatic carbocycles. The second-order valence-corrected chi connectivity index (χ2v) is 2.96. The van der Waals surface area contributed by atoms with Crippen LogP contribution in [0.5, 0.6) is 0 Å². The van der Waals surface area contributed by atoms with Crippen LogP contribution in [0.1, 0.15) is 10.4 Å². The summed E-state index contributed by atoms with van der Waals surface area (Å²) in [5, 5.41) is 5.40. The maximum absolute atomic E-state index is 13.2. The fraction of sp³-hybridized carbons (Fsp3) is 0. The number of nitrogens with zero attached hydrogens (tertiary/aromatic N) is 1. The van der Waals surface area contributed by atoms with Gasteiger partial charge in [0.15, 0.2) is 0 Å². The highest BCUT2D eigenvalue weighted by Crippen LogP contribution is 2.18. The molecule has 0 unspecified atom stereocenters. The van der Waals surface area contributed by atoms with E-state index in [1.165, 1.54) is 6.07 Å². The molecule has 0 aliphatic heterocycles. The number of anilines is 1. The first-order valence-corrected chi connectivity index (χ1v) is 4.33. The summed E-state index contributed by atoms with van der Waals surface area (Å²) in [6.45, 7) is 0. The van der Waals surface area contributed by atoms with Crippen molar-refractivity contribution in [2.75, 3.05) is 5.32 Å². The van der Waals surface area contributed by atoms with Gasteiger partial charge in [-0.2, -0.15) is 0 Å². The molecule has 0 saturated heterocycles. The molecule has 0 bridgehead atoms. The zero-order valence-electron chi connectivity index (χ0n) is 7.91. The zero-order valence-corrected chi connectivity index (χ0v) is 7.91. The molecule has 0 radical (unpaired) electrons. The number of carbonyl (C=O) groups is 1. The van der Waals surface area contributed by atoms with Gasteiger partial charge in [-0.25, -0.2) is 8.78 Å². The third-order valence-electron chi connectivity index (χ3n) is 1.90. The minimum Gasteiger partial charge on any atom is -0.364 e. The molecule has 6 heteroatoms. The minimum atomic E-state index is -0.843. The molecule has 82 valence electrons. The van der Waals surface area contributed by atoms with Crippen LogP contribution in [-0.2, 0) is 0 Å². The number of hydrogen-bond donors (Lipinski definition) is 1. The Bertz CT molecular complexity index is 491. The summed E-state index contributed by atoms with van der Waals surface area (Å²) in [6.07, 6.45) is 2.22. The molecule has 1 heterocycles. The normalized spacial score (nSPS) is 10.1. The van der Waals surface area contributed by atoms with Gasteiger partial charge in [0.1, 0.15) is 23.6 Å².